The van der Waals surface area contributed by atoms with Gasteiger partial charge in [0.15, 0.2) is 0 Å². The van der Waals surface area contributed by atoms with E-state index < -0.39 is 0 Å². The number of nitrogens with one attached hydrogen (secondary N) is 1. The molecule has 0 unspecified atom stereocenters. The average Bonchev–Trinajstić information content (AvgIpc) is 3.11. The molecule has 0 radical (unpaired) electrons. The highest BCUT2D eigenvalue weighted by atomic mass is 16.3. The van der Waals surface area contributed by atoms with Crippen LogP contribution < -0.4 is 5.32 Å². The van der Waals surface area contributed by atoms with E-state index in [1.165, 1.54) is 70.6 Å². The summed E-state index contributed by atoms with van der Waals surface area (Å²) in [6, 6.07) is 7.55. The Kier molecular flexibility index (Phi) is 7.56. The van der Waals surface area contributed by atoms with E-state index in [2.05, 4.69) is 10.3 Å². The van der Waals surface area contributed by atoms with Crippen LogP contribution in [0.15, 0.2) is 34.9 Å². The highest BCUT2D eigenvalue weighted by molar-refractivity contribution is 5.54. The van der Waals surface area contributed by atoms with Crippen LogP contribution in [-0.4, -0.2) is 16.1 Å². The quantitative estimate of drug-likeness (QED) is 0.726. The van der Waals surface area contributed by atoms with Crippen LogP contribution in [0.3, 0.4) is 0 Å². The van der Waals surface area contributed by atoms with Gasteiger partial charge in [-0.15, -0.1) is 0 Å². The molecular formula is C22H32N2O2. The molecular weight excluding hydrogens is 324 g/mol. The third-order valence-corrected chi connectivity index (χ3v) is 5.34. The maximum absolute atomic E-state index is 9.39. The first-order valence-corrected chi connectivity index (χ1v) is 10.3. The standard InChI is InChI=1S/C22H32N2O2/c25-21-14-12-18(13-15-21)22-24-20(17-26-22)16-23-19-10-8-6-4-2-1-3-5-7-9-11-19/h12-15,17,19,23,25H,1-11,16H2. The number of hydrogen-bond donors (Lipinski definition) is 2. The molecule has 4 heteroatoms. The number of hydrogen-bond acceptors (Lipinski definition) is 4. The first-order valence-electron chi connectivity index (χ1n) is 10.3. The van der Waals surface area contributed by atoms with Crippen LogP contribution in [0.2, 0.25) is 0 Å². The molecule has 0 atom stereocenters. The van der Waals surface area contributed by atoms with Crippen LogP contribution >= 0.6 is 0 Å². The number of aromatic hydroxyl groups is 1. The summed E-state index contributed by atoms with van der Waals surface area (Å²) in [5.74, 6) is 0.866. The molecule has 1 aromatic heterocycles. The molecule has 1 heterocycles. The van der Waals surface area contributed by atoms with Crippen molar-refractivity contribution in [3.63, 3.8) is 0 Å². The molecule has 0 saturated heterocycles. The van der Waals surface area contributed by atoms with E-state index in [0.717, 1.165) is 17.8 Å². The fourth-order valence-corrected chi connectivity index (χ4v) is 3.74. The summed E-state index contributed by atoms with van der Waals surface area (Å²) in [6.45, 7) is 0.756. The topological polar surface area (TPSA) is 58.3 Å². The van der Waals surface area contributed by atoms with E-state index in [9.17, 15) is 5.11 Å². The lowest BCUT2D eigenvalue weighted by atomic mass is 9.98. The van der Waals surface area contributed by atoms with E-state index in [0.29, 0.717) is 11.9 Å². The van der Waals surface area contributed by atoms with Gasteiger partial charge in [-0.05, 0) is 37.1 Å². The third-order valence-electron chi connectivity index (χ3n) is 5.34. The van der Waals surface area contributed by atoms with Gasteiger partial charge in [0.2, 0.25) is 5.89 Å². The largest absolute Gasteiger partial charge is 0.508 e. The molecule has 2 aromatic rings. The molecule has 0 spiro atoms. The van der Waals surface area contributed by atoms with Crippen molar-refractivity contribution in [2.45, 2.75) is 83.2 Å². The highest BCUT2D eigenvalue weighted by Gasteiger charge is 2.11. The summed E-state index contributed by atoms with van der Waals surface area (Å²) in [5.41, 5.74) is 1.83. The Balaban J connectivity index is 1.50. The summed E-state index contributed by atoms with van der Waals surface area (Å²) in [4.78, 5) is 4.59. The van der Waals surface area contributed by atoms with Crippen molar-refractivity contribution in [1.29, 1.82) is 0 Å². The molecule has 1 saturated carbocycles. The van der Waals surface area contributed by atoms with Gasteiger partial charge in [0, 0.05) is 18.2 Å². The Bertz CT molecular complexity index is 624. The van der Waals surface area contributed by atoms with Crippen molar-refractivity contribution >= 4 is 0 Å². The van der Waals surface area contributed by atoms with Gasteiger partial charge in [0.05, 0.1) is 5.69 Å². The Morgan fingerprint density at radius 2 is 1.46 bits per heavy atom. The lowest BCUT2D eigenvalue weighted by molar-refractivity contribution is 0.401. The lowest BCUT2D eigenvalue weighted by Gasteiger charge is -2.19. The zero-order chi connectivity index (χ0) is 18.0. The van der Waals surface area contributed by atoms with E-state index in [-0.39, 0.29) is 5.75 Å². The van der Waals surface area contributed by atoms with Gasteiger partial charge >= 0.3 is 0 Å². The molecule has 1 aliphatic rings. The molecule has 26 heavy (non-hydrogen) atoms. The summed E-state index contributed by atoms with van der Waals surface area (Å²) < 4.78 is 5.61. The fraction of sp³-hybridized carbons (Fsp3) is 0.591. The second kappa shape index (κ2) is 10.4. The fourth-order valence-electron chi connectivity index (χ4n) is 3.74. The minimum absolute atomic E-state index is 0.254. The van der Waals surface area contributed by atoms with Crippen LogP contribution in [0.25, 0.3) is 11.5 Å². The third kappa shape index (κ3) is 6.17. The first-order chi connectivity index (χ1) is 12.8. The van der Waals surface area contributed by atoms with Crippen molar-refractivity contribution in [1.82, 2.24) is 10.3 Å². The number of rotatable bonds is 4. The average molecular weight is 357 g/mol. The number of aromatic nitrogens is 1. The van der Waals surface area contributed by atoms with Crippen LogP contribution in [0.4, 0.5) is 0 Å². The number of nitrogens with zero attached hydrogens (tertiary/aromatic N) is 1. The van der Waals surface area contributed by atoms with Crippen molar-refractivity contribution in [3.8, 4) is 17.2 Å². The zero-order valence-corrected chi connectivity index (χ0v) is 15.8. The molecule has 142 valence electrons. The molecule has 4 nitrogen and oxygen atoms in total. The maximum atomic E-state index is 9.39. The number of benzene rings is 1. The first kappa shape index (κ1) is 19.0. The Morgan fingerprint density at radius 3 is 2.08 bits per heavy atom. The molecule has 3 rings (SSSR count). The zero-order valence-electron chi connectivity index (χ0n) is 15.8. The maximum Gasteiger partial charge on any atom is 0.226 e. The van der Waals surface area contributed by atoms with Crippen LogP contribution in [0.1, 0.15) is 76.3 Å². The smallest absolute Gasteiger partial charge is 0.226 e. The van der Waals surface area contributed by atoms with Gasteiger partial charge in [-0.1, -0.05) is 57.8 Å². The minimum Gasteiger partial charge on any atom is -0.508 e. The molecule has 0 aliphatic heterocycles. The summed E-state index contributed by atoms with van der Waals surface area (Å²) in [7, 11) is 0. The summed E-state index contributed by atoms with van der Waals surface area (Å²) in [6.07, 6.45) is 16.7. The summed E-state index contributed by atoms with van der Waals surface area (Å²) in [5, 5.41) is 13.1. The van der Waals surface area contributed by atoms with Crippen molar-refractivity contribution in [2.75, 3.05) is 0 Å². The lowest BCUT2D eigenvalue weighted by Crippen LogP contribution is -2.28. The van der Waals surface area contributed by atoms with E-state index in [1.54, 1.807) is 18.4 Å². The molecule has 1 fully saturated rings. The SMILES string of the molecule is Oc1ccc(-c2nc(CNC3CCCCCCCCCCC3)co2)cc1. The normalized spacial score (nSPS) is 18.2. The number of phenols is 1. The number of phenolic OH excluding ortho intramolecular Hbond substituents is 1. The Hall–Kier alpha value is -1.81. The Labute approximate surface area is 157 Å². The molecule has 0 amide bonds. The van der Waals surface area contributed by atoms with Gasteiger partial charge in [-0.3, -0.25) is 0 Å². The van der Waals surface area contributed by atoms with Gasteiger partial charge in [0.1, 0.15) is 12.0 Å². The predicted molar refractivity (Wildman–Crippen MR) is 105 cm³/mol. The van der Waals surface area contributed by atoms with Gasteiger partial charge in [0.25, 0.3) is 0 Å². The second-order valence-electron chi connectivity index (χ2n) is 7.53. The van der Waals surface area contributed by atoms with Crippen LogP contribution in [0.5, 0.6) is 5.75 Å². The van der Waals surface area contributed by atoms with Gasteiger partial charge in [-0.25, -0.2) is 4.98 Å². The molecule has 1 aliphatic carbocycles. The van der Waals surface area contributed by atoms with Crippen molar-refractivity contribution < 1.29 is 9.52 Å². The Morgan fingerprint density at radius 1 is 0.885 bits per heavy atom. The van der Waals surface area contributed by atoms with Crippen molar-refractivity contribution in [2.24, 2.45) is 0 Å². The van der Waals surface area contributed by atoms with E-state index in [4.69, 9.17) is 4.42 Å². The van der Waals surface area contributed by atoms with E-state index in [1.807, 2.05) is 12.1 Å². The van der Waals surface area contributed by atoms with E-state index >= 15 is 0 Å². The second-order valence-corrected chi connectivity index (χ2v) is 7.53. The number of oxazole rings is 1. The van der Waals surface area contributed by atoms with Crippen molar-refractivity contribution in [3.05, 3.63) is 36.2 Å². The highest BCUT2D eigenvalue weighted by Crippen LogP contribution is 2.22. The molecule has 2 N–H and O–H groups in total. The van der Waals surface area contributed by atoms with Gasteiger partial charge in [-0.2, -0.15) is 0 Å². The monoisotopic (exact) mass is 356 g/mol. The minimum atomic E-state index is 0.254. The van der Waals surface area contributed by atoms with Crippen LogP contribution in [0, 0.1) is 0 Å². The predicted octanol–water partition coefficient (Wildman–Crippen LogP) is 5.81. The summed E-state index contributed by atoms with van der Waals surface area (Å²) >= 11 is 0. The molecule has 0 bridgehead atoms. The van der Waals surface area contributed by atoms with Gasteiger partial charge < -0.3 is 14.8 Å². The van der Waals surface area contributed by atoms with Crippen LogP contribution in [-0.2, 0) is 6.54 Å². The molecule has 1 aromatic carbocycles.